The van der Waals surface area contributed by atoms with E-state index in [1.165, 1.54) is 30.6 Å². The predicted molar refractivity (Wildman–Crippen MR) is 82.5 cm³/mol. The molecule has 0 aliphatic carbocycles. The SMILES string of the molecule is Clc1ccc2c(c1)CC(CNCC1CCCCS1)O2. The molecule has 1 N–H and O–H groups in total. The smallest absolute Gasteiger partial charge is 0.123 e. The molecule has 0 radical (unpaired) electrons. The molecule has 0 amide bonds. The van der Waals surface area contributed by atoms with E-state index in [1.54, 1.807) is 0 Å². The highest BCUT2D eigenvalue weighted by atomic mass is 35.5. The third-order valence-electron chi connectivity index (χ3n) is 3.78. The number of fused-ring (bicyclic) bond motifs is 1. The first-order chi connectivity index (χ1) is 9.31. The Balaban J connectivity index is 1.43. The van der Waals surface area contributed by atoms with Gasteiger partial charge in [-0.3, -0.25) is 0 Å². The van der Waals surface area contributed by atoms with E-state index in [9.17, 15) is 0 Å². The number of benzene rings is 1. The number of nitrogens with one attached hydrogen (secondary N) is 1. The summed E-state index contributed by atoms with van der Waals surface area (Å²) in [6.07, 6.45) is 5.38. The average molecular weight is 298 g/mol. The van der Waals surface area contributed by atoms with Crippen LogP contribution in [-0.4, -0.2) is 30.2 Å². The molecule has 0 bridgehead atoms. The highest BCUT2D eigenvalue weighted by molar-refractivity contribution is 7.99. The van der Waals surface area contributed by atoms with Crippen LogP contribution in [0.25, 0.3) is 0 Å². The summed E-state index contributed by atoms with van der Waals surface area (Å²) in [5.41, 5.74) is 1.24. The standard InChI is InChI=1S/C15H20ClNOS/c16-12-4-5-15-11(7-12)8-13(18-15)9-17-10-14-3-1-2-6-19-14/h4-5,7,13-14,17H,1-3,6,8-10H2. The first-order valence-corrected chi connectivity index (χ1v) is 8.51. The quantitative estimate of drug-likeness (QED) is 0.919. The monoisotopic (exact) mass is 297 g/mol. The molecule has 1 fully saturated rings. The van der Waals surface area contributed by atoms with Crippen molar-refractivity contribution < 1.29 is 4.74 Å². The second-order valence-electron chi connectivity index (χ2n) is 5.34. The molecule has 3 rings (SSSR count). The summed E-state index contributed by atoms with van der Waals surface area (Å²) >= 11 is 8.12. The Morgan fingerprint density at radius 2 is 2.26 bits per heavy atom. The van der Waals surface area contributed by atoms with E-state index < -0.39 is 0 Å². The van der Waals surface area contributed by atoms with E-state index in [4.69, 9.17) is 16.3 Å². The molecule has 2 unspecified atom stereocenters. The minimum absolute atomic E-state index is 0.266. The van der Waals surface area contributed by atoms with Crippen LogP contribution in [0.2, 0.25) is 5.02 Å². The van der Waals surface area contributed by atoms with Crippen molar-refractivity contribution in [2.75, 3.05) is 18.8 Å². The summed E-state index contributed by atoms with van der Waals surface area (Å²) in [6, 6.07) is 5.90. The van der Waals surface area contributed by atoms with Gasteiger partial charge in [0, 0.05) is 29.8 Å². The number of halogens is 1. The van der Waals surface area contributed by atoms with Gasteiger partial charge < -0.3 is 10.1 Å². The van der Waals surface area contributed by atoms with Crippen LogP contribution >= 0.6 is 23.4 Å². The molecule has 2 aliphatic heterocycles. The Morgan fingerprint density at radius 1 is 1.32 bits per heavy atom. The number of thioether (sulfide) groups is 1. The molecule has 104 valence electrons. The molecule has 1 saturated heterocycles. The molecule has 1 aromatic carbocycles. The van der Waals surface area contributed by atoms with Crippen LogP contribution in [-0.2, 0) is 6.42 Å². The third kappa shape index (κ3) is 3.59. The molecule has 19 heavy (non-hydrogen) atoms. The largest absolute Gasteiger partial charge is 0.488 e. The van der Waals surface area contributed by atoms with Crippen molar-refractivity contribution in [2.24, 2.45) is 0 Å². The van der Waals surface area contributed by atoms with Gasteiger partial charge in [0.15, 0.2) is 0 Å². The zero-order valence-electron chi connectivity index (χ0n) is 11.0. The summed E-state index contributed by atoms with van der Waals surface area (Å²) in [5, 5.41) is 5.17. The minimum atomic E-state index is 0.266. The molecule has 0 saturated carbocycles. The molecular formula is C15H20ClNOS. The fourth-order valence-corrected chi connectivity index (χ4v) is 4.24. The molecular weight excluding hydrogens is 278 g/mol. The summed E-state index contributed by atoms with van der Waals surface area (Å²) in [7, 11) is 0. The van der Waals surface area contributed by atoms with Crippen LogP contribution in [0.15, 0.2) is 18.2 Å². The summed E-state index contributed by atoms with van der Waals surface area (Å²) in [6.45, 7) is 2.05. The maximum absolute atomic E-state index is 6.00. The van der Waals surface area contributed by atoms with Crippen LogP contribution in [0, 0.1) is 0 Å². The van der Waals surface area contributed by atoms with Gasteiger partial charge in [-0.15, -0.1) is 0 Å². The van der Waals surface area contributed by atoms with Gasteiger partial charge >= 0.3 is 0 Å². The summed E-state index contributed by atoms with van der Waals surface area (Å²) in [4.78, 5) is 0. The second kappa shape index (κ2) is 6.38. The average Bonchev–Trinajstić information content (AvgIpc) is 2.82. The van der Waals surface area contributed by atoms with E-state index in [0.717, 1.165) is 35.5 Å². The number of hydrogen-bond acceptors (Lipinski definition) is 3. The molecule has 4 heteroatoms. The zero-order chi connectivity index (χ0) is 13.1. The highest BCUT2D eigenvalue weighted by Gasteiger charge is 2.23. The Kier molecular flexibility index (Phi) is 4.57. The van der Waals surface area contributed by atoms with Crippen LogP contribution in [0.1, 0.15) is 24.8 Å². The van der Waals surface area contributed by atoms with Gasteiger partial charge in [-0.1, -0.05) is 18.0 Å². The molecule has 1 aromatic rings. The normalized spacial score (nSPS) is 25.9. The van der Waals surface area contributed by atoms with Crippen LogP contribution in [0.3, 0.4) is 0 Å². The molecule has 0 aromatic heterocycles. The van der Waals surface area contributed by atoms with Gasteiger partial charge in [0.1, 0.15) is 11.9 Å². The van der Waals surface area contributed by atoms with Gasteiger partial charge in [-0.05, 0) is 42.4 Å². The fourth-order valence-electron chi connectivity index (χ4n) is 2.78. The van der Waals surface area contributed by atoms with Gasteiger partial charge in [0.2, 0.25) is 0 Å². The summed E-state index contributed by atoms with van der Waals surface area (Å²) < 4.78 is 5.92. The molecule has 0 spiro atoms. The van der Waals surface area contributed by atoms with Gasteiger partial charge in [-0.25, -0.2) is 0 Å². The summed E-state index contributed by atoms with van der Waals surface area (Å²) in [5.74, 6) is 2.33. The first kappa shape index (κ1) is 13.6. The van der Waals surface area contributed by atoms with Crippen molar-refractivity contribution >= 4 is 23.4 Å². The highest BCUT2D eigenvalue weighted by Crippen LogP contribution is 2.31. The lowest BCUT2D eigenvalue weighted by Gasteiger charge is -2.22. The van der Waals surface area contributed by atoms with Gasteiger partial charge in [-0.2, -0.15) is 11.8 Å². The number of ether oxygens (including phenoxy) is 1. The van der Waals surface area contributed by atoms with E-state index in [0.29, 0.717) is 0 Å². The lowest BCUT2D eigenvalue weighted by atomic mass is 10.1. The van der Waals surface area contributed by atoms with E-state index >= 15 is 0 Å². The molecule has 2 atom stereocenters. The van der Waals surface area contributed by atoms with Gasteiger partial charge in [0.05, 0.1) is 0 Å². The minimum Gasteiger partial charge on any atom is -0.488 e. The van der Waals surface area contributed by atoms with Gasteiger partial charge in [0.25, 0.3) is 0 Å². The molecule has 2 aliphatic rings. The lowest BCUT2D eigenvalue weighted by Crippen LogP contribution is -2.35. The predicted octanol–water partition coefficient (Wildman–Crippen LogP) is 3.52. The van der Waals surface area contributed by atoms with Crippen molar-refractivity contribution in [1.82, 2.24) is 5.32 Å². The molecule has 2 heterocycles. The van der Waals surface area contributed by atoms with Crippen molar-refractivity contribution in [2.45, 2.75) is 37.0 Å². The van der Waals surface area contributed by atoms with Crippen LogP contribution < -0.4 is 10.1 Å². The lowest BCUT2D eigenvalue weighted by molar-refractivity contribution is 0.228. The van der Waals surface area contributed by atoms with E-state index in [1.807, 2.05) is 18.2 Å². The zero-order valence-corrected chi connectivity index (χ0v) is 12.6. The van der Waals surface area contributed by atoms with Crippen molar-refractivity contribution in [3.05, 3.63) is 28.8 Å². The van der Waals surface area contributed by atoms with E-state index in [-0.39, 0.29) is 6.10 Å². The number of hydrogen-bond donors (Lipinski definition) is 1. The van der Waals surface area contributed by atoms with Crippen molar-refractivity contribution in [3.63, 3.8) is 0 Å². The second-order valence-corrected chi connectivity index (χ2v) is 7.19. The fraction of sp³-hybridized carbons (Fsp3) is 0.600. The van der Waals surface area contributed by atoms with Crippen molar-refractivity contribution in [1.29, 1.82) is 0 Å². The maximum atomic E-state index is 6.00. The topological polar surface area (TPSA) is 21.3 Å². The Morgan fingerprint density at radius 3 is 3.11 bits per heavy atom. The first-order valence-electron chi connectivity index (χ1n) is 7.08. The third-order valence-corrected chi connectivity index (χ3v) is 5.42. The molecule has 2 nitrogen and oxygen atoms in total. The Labute approximate surface area is 124 Å². The maximum Gasteiger partial charge on any atom is 0.123 e. The Bertz CT molecular complexity index is 434. The Hall–Kier alpha value is -0.380. The van der Waals surface area contributed by atoms with Crippen LogP contribution in [0.4, 0.5) is 0 Å². The van der Waals surface area contributed by atoms with Crippen LogP contribution in [0.5, 0.6) is 5.75 Å². The van der Waals surface area contributed by atoms with E-state index in [2.05, 4.69) is 17.1 Å². The van der Waals surface area contributed by atoms with Crippen molar-refractivity contribution in [3.8, 4) is 5.75 Å². The number of rotatable bonds is 4.